The monoisotopic (exact) mass is 262 g/mol. The summed E-state index contributed by atoms with van der Waals surface area (Å²) in [6, 6.07) is 7.30. The molecule has 19 heavy (non-hydrogen) atoms. The Morgan fingerprint density at radius 2 is 2.11 bits per heavy atom. The fraction of sp³-hybridized carbons (Fsp3) is 0.533. The van der Waals surface area contributed by atoms with Gasteiger partial charge in [-0.1, -0.05) is 19.1 Å². The van der Waals surface area contributed by atoms with Gasteiger partial charge >= 0.3 is 6.03 Å². The summed E-state index contributed by atoms with van der Waals surface area (Å²) < 4.78 is 0. The van der Waals surface area contributed by atoms with E-state index in [1.54, 1.807) is 6.92 Å². The molecule has 1 aliphatic rings. The van der Waals surface area contributed by atoms with Crippen molar-refractivity contribution < 1.29 is 9.90 Å². The van der Waals surface area contributed by atoms with Gasteiger partial charge < -0.3 is 15.3 Å². The zero-order valence-electron chi connectivity index (χ0n) is 11.6. The maximum Gasteiger partial charge on any atom is 0.321 e. The van der Waals surface area contributed by atoms with Crippen molar-refractivity contribution in [1.82, 2.24) is 4.90 Å². The van der Waals surface area contributed by atoms with Crippen molar-refractivity contribution in [1.29, 1.82) is 0 Å². The molecule has 0 bridgehead atoms. The zero-order valence-corrected chi connectivity index (χ0v) is 11.6. The van der Waals surface area contributed by atoms with E-state index in [1.165, 1.54) is 0 Å². The summed E-state index contributed by atoms with van der Waals surface area (Å²) in [6.45, 7) is 5.58. The third-order valence-electron chi connectivity index (χ3n) is 3.69. The second kappa shape index (κ2) is 6.06. The van der Waals surface area contributed by atoms with Crippen molar-refractivity contribution in [2.45, 2.75) is 32.8 Å². The van der Waals surface area contributed by atoms with E-state index >= 15 is 0 Å². The first-order valence-electron chi connectivity index (χ1n) is 6.90. The second-order valence-corrected chi connectivity index (χ2v) is 5.40. The smallest absolute Gasteiger partial charge is 0.321 e. The Labute approximate surface area is 114 Å². The molecular formula is C15H22N2O2. The van der Waals surface area contributed by atoms with E-state index in [-0.39, 0.29) is 6.03 Å². The van der Waals surface area contributed by atoms with Gasteiger partial charge in [-0.25, -0.2) is 4.79 Å². The highest BCUT2D eigenvalue weighted by Crippen LogP contribution is 2.19. The summed E-state index contributed by atoms with van der Waals surface area (Å²) in [5, 5.41) is 12.4. The van der Waals surface area contributed by atoms with Crippen molar-refractivity contribution in [3.63, 3.8) is 0 Å². The molecule has 1 heterocycles. The number of piperidine rings is 1. The molecule has 0 spiro atoms. The van der Waals surface area contributed by atoms with Crippen LogP contribution in [-0.4, -0.2) is 29.1 Å². The molecule has 0 aromatic heterocycles. The lowest BCUT2D eigenvalue weighted by molar-refractivity contribution is 0.186. The molecule has 1 fully saturated rings. The van der Waals surface area contributed by atoms with Crippen LogP contribution in [0.25, 0.3) is 0 Å². The van der Waals surface area contributed by atoms with Crippen LogP contribution in [0.4, 0.5) is 10.5 Å². The van der Waals surface area contributed by atoms with E-state index < -0.39 is 6.10 Å². The molecule has 0 aliphatic carbocycles. The van der Waals surface area contributed by atoms with E-state index in [2.05, 4.69) is 12.2 Å². The number of likely N-dealkylation sites (tertiary alicyclic amines) is 1. The van der Waals surface area contributed by atoms with Gasteiger partial charge in [0.25, 0.3) is 0 Å². The third-order valence-corrected chi connectivity index (χ3v) is 3.69. The van der Waals surface area contributed by atoms with Crippen LogP contribution in [0.2, 0.25) is 0 Å². The Kier molecular flexibility index (Phi) is 4.43. The van der Waals surface area contributed by atoms with Crippen molar-refractivity contribution in [2.24, 2.45) is 5.92 Å². The number of hydrogen-bond acceptors (Lipinski definition) is 2. The summed E-state index contributed by atoms with van der Waals surface area (Å²) in [6.07, 6.45) is 1.62. The highest BCUT2D eigenvalue weighted by molar-refractivity contribution is 5.89. The van der Waals surface area contributed by atoms with Gasteiger partial charge in [-0.15, -0.1) is 0 Å². The summed E-state index contributed by atoms with van der Waals surface area (Å²) in [5.74, 6) is 0.711. The summed E-state index contributed by atoms with van der Waals surface area (Å²) in [4.78, 5) is 14.0. The maximum atomic E-state index is 12.1. The number of carbonyl (C=O) groups is 1. The summed E-state index contributed by atoms with van der Waals surface area (Å²) in [5.41, 5.74) is 1.55. The standard InChI is InChI=1S/C15H22N2O2/c1-11-6-8-17(9-7-11)15(19)16-14-5-3-4-13(10-14)12(2)18/h3-5,10-12,18H,6-9H2,1-2H3,(H,16,19). The highest BCUT2D eigenvalue weighted by Gasteiger charge is 2.20. The zero-order chi connectivity index (χ0) is 13.8. The van der Waals surface area contributed by atoms with Crippen LogP contribution in [0.3, 0.4) is 0 Å². The fourth-order valence-corrected chi connectivity index (χ4v) is 2.29. The molecule has 104 valence electrons. The van der Waals surface area contributed by atoms with Crippen LogP contribution in [0.5, 0.6) is 0 Å². The van der Waals surface area contributed by atoms with Gasteiger partial charge in [0.15, 0.2) is 0 Å². The molecule has 4 heteroatoms. The number of urea groups is 1. The van der Waals surface area contributed by atoms with Crippen molar-refractivity contribution in [2.75, 3.05) is 18.4 Å². The first kappa shape index (κ1) is 13.9. The highest BCUT2D eigenvalue weighted by atomic mass is 16.3. The van der Waals surface area contributed by atoms with Gasteiger partial charge in [-0.05, 0) is 43.4 Å². The van der Waals surface area contributed by atoms with Crippen LogP contribution in [0.1, 0.15) is 38.4 Å². The third kappa shape index (κ3) is 3.70. The normalized spacial score (nSPS) is 18.2. The molecule has 0 saturated carbocycles. The van der Waals surface area contributed by atoms with E-state index in [1.807, 2.05) is 29.2 Å². The number of aliphatic hydroxyl groups excluding tert-OH is 1. The summed E-state index contributed by atoms with van der Waals surface area (Å²) in [7, 11) is 0. The van der Waals surface area contributed by atoms with E-state index in [0.29, 0.717) is 5.92 Å². The largest absolute Gasteiger partial charge is 0.389 e. The maximum absolute atomic E-state index is 12.1. The molecule has 2 rings (SSSR count). The van der Waals surface area contributed by atoms with Gasteiger partial charge in [0.1, 0.15) is 0 Å². The Balaban J connectivity index is 1.97. The number of aliphatic hydroxyl groups is 1. The molecule has 0 radical (unpaired) electrons. The van der Waals surface area contributed by atoms with Crippen molar-refractivity contribution >= 4 is 11.7 Å². The van der Waals surface area contributed by atoms with Crippen molar-refractivity contribution in [3.05, 3.63) is 29.8 Å². The van der Waals surface area contributed by atoms with Gasteiger partial charge in [-0.2, -0.15) is 0 Å². The number of carbonyl (C=O) groups excluding carboxylic acids is 1. The number of nitrogens with one attached hydrogen (secondary N) is 1. The minimum absolute atomic E-state index is 0.0466. The predicted octanol–water partition coefficient (Wildman–Crippen LogP) is 3.00. The molecule has 1 atom stereocenters. The first-order valence-corrected chi connectivity index (χ1v) is 6.90. The minimum Gasteiger partial charge on any atom is -0.389 e. The Morgan fingerprint density at radius 1 is 1.42 bits per heavy atom. The van der Waals surface area contributed by atoms with Gasteiger partial charge in [0, 0.05) is 18.8 Å². The van der Waals surface area contributed by atoms with Gasteiger partial charge in [0.05, 0.1) is 6.10 Å². The average Bonchev–Trinajstić information content (AvgIpc) is 2.39. The lowest BCUT2D eigenvalue weighted by Crippen LogP contribution is -2.40. The second-order valence-electron chi connectivity index (χ2n) is 5.40. The SMILES string of the molecule is CC1CCN(C(=O)Nc2cccc(C(C)O)c2)CC1. The van der Waals surface area contributed by atoms with E-state index in [9.17, 15) is 9.90 Å². The van der Waals surface area contributed by atoms with Gasteiger partial charge in [0.2, 0.25) is 0 Å². The lowest BCUT2D eigenvalue weighted by Gasteiger charge is -2.30. The van der Waals surface area contributed by atoms with E-state index in [4.69, 9.17) is 0 Å². The van der Waals surface area contributed by atoms with Crippen LogP contribution >= 0.6 is 0 Å². The average molecular weight is 262 g/mol. The van der Waals surface area contributed by atoms with Crippen LogP contribution in [0, 0.1) is 5.92 Å². The van der Waals surface area contributed by atoms with E-state index in [0.717, 1.165) is 37.2 Å². The molecule has 1 unspecified atom stereocenters. The Morgan fingerprint density at radius 3 is 2.74 bits per heavy atom. The molecule has 1 aliphatic heterocycles. The molecule has 1 aromatic rings. The van der Waals surface area contributed by atoms with Crippen LogP contribution in [-0.2, 0) is 0 Å². The topological polar surface area (TPSA) is 52.6 Å². The number of nitrogens with zero attached hydrogens (tertiary/aromatic N) is 1. The van der Waals surface area contributed by atoms with Crippen LogP contribution < -0.4 is 5.32 Å². The molecule has 1 aromatic carbocycles. The van der Waals surface area contributed by atoms with Gasteiger partial charge in [-0.3, -0.25) is 0 Å². The molecule has 2 N–H and O–H groups in total. The minimum atomic E-state index is -0.521. The predicted molar refractivity (Wildman–Crippen MR) is 76.1 cm³/mol. The number of rotatable bonds is 2. The first-order chi connectivity index (χ1) is 9.06. The molecule has 2 amide bonds. The number of anilines is 1. The number of amides is 2. The lowest BCUT2D eigenvalue weighted by atomic mass is 10.00. The fourth-order valence-electron chi connectivity index (χ4n) is 2.29. The molecule has 4 nitrogen and oxygen atoms in total. The molecular weight excluding hydrogens is 240 g/mol. The van der Waals surface area contributed by atoms with Crippen molar-refractivity contribution in [3.8, 4) is 0 Å². The molecule has 1 saturated heterocycles. The number of hydrogen-bond donors (Lipinski definition) is 2. The Bertz CT molecular complexity index is 438. The number of benzene rings is 1. The van der Waals surface area contributed by atoms with Crippen LogP contribution in [0.15, 0.2) is 24.3 Å². The quantitative estimate of drug-likeness (QED) is 0.860. The summed E-state index contributed by atoms with van der Waals surface area (Å²) >= 11 is 0. The Hall–Kier alpha value is -1.55.